The molecule has 0 aromatic carbocycles. The second kappa shape index (κ2) is 7.92. The van der Waals surface area contributed by atoms with Gasteiger partial charge in [0.1, 0.15) is 12.0 Å². The Morgan fingerprint density at radius 1 is 1.62 bits per heavy atom. The van der Waals surface area contributed by atoms with Crippen molar-refractivity contribution in [1.82, 2.24) is 0 Å². The number of carbonyl (C=O) groups excluding carboxylic acids is 1. The van der Waals surface area contributed by atoms with Crippen LogP contribution >= 0.6 is 12.0 Å². The Hall–Kier alpha value is 0.560. The van der Waals surface area contributed by atoms with Gasteiger partial charge in [-0.1, -0.05) is 0 Å². The van der Waals surface area contributed by atoms with Crippen LogP contribution < -0.4 is 34.8 Å². The van der Waals surface area contributed by atoms with Crippen LogP contribution in [-0.2, 0) is 18.9 Å². The van der Waals surface area contributed by atoms with Gasteiger partial charge in [-0.25, -0.2) is 4.79 Å². The zero-order chi connectivity index (χ0) is 9.61. The maximum absolute atomic E-state index is 12.3. The van der Waals surface area contributed by atoms with E-state index in [2.05, 4.69) is 14.1 Å². The van der Waals surface area contributed by atoms with Gasteiger partial charge >= 0.3 is 40.8 Å². The fourth-order valence-corrected chi connectivity index (χ4v) is 0.546. The minimum Gasteiger partial charge on any atom is -0.691 e. The molecule has 0 aromatic rings. The number of esters is 1. The third-order valence-corrected chi connectivity index (χ3v) is 1.18. The molecule has 0 fully saturated rings. The van der Waals surface area contributed by atoms with Gasteiger partial charge in [0, 0.05) is 0 Å². The van der Waals surface area contributed by atoms with Crippen LogP contribution in [0.5, 0.6) is 0 Å². The van der Waals surface area contributed by atoms with Crippen molar-refractivity contribution in [3.05, 3.63) is 0 Å². The predicted octanol–water partition coefficient (Wildman–Crippen LogP) is -2.98. The van der Waals surface area contributed by atoms with Crippen molar-refractivity contribution in [3.63, 3.8) is 0 Å². The molecular formula is C4H5F2NaO5S. The molecule has 0 rings (SSSR count). The maximum atomic E-state index is 12.3. The van der Waals surface area contributed by atoms with Crippen LogP contribution in [0.15, 0.2) is 0 Å². The monoisotopic (exact) mass is 226 g/mol. The molecule has 0 atom stereocenters. The molecule has 0 heterocycles. The minimum absolute atomic E-state index is 0. The molecule has 5 nitrogen and oxygen atoms in total. The summed E-state index contributed by atoms with van der Waals surface area (Å²) in [6, 6.07) is 0. The molecule has 0 saturated carbocycles. The molecule has 0 saturated heterocycles. The second-order valence-corrected chi connectivity index (χ2v) is 2.27. The smallest absolute Gasteiger partial charge is 0.691 e. The first-order chi connectivity index (χ1) is 5.54. The first kappa shape index (κ1) is 16.0. The third kappa shape index (κ3) is 6.61. The summed E-state index contributed by atoms with van der Waals surface area (Å²) >= 11 is -0.716. The summed E-state index contributed by atoms with van der Waals surface area (Å²) in [6.07, 6.45) is 0. The minimum atomic E-state index is -3.93. The van der Waals surface area contributed by atoms with Crippen LogP contribution in [0.4, 0.5) is 8.78 Å². The number of hydrogen-bond acceptors (Lipinski definition) is 6. The van der Waals surface area contributed by atoms with E-state index in [1.165, 1.54) is 6.92 Å². The van der Waals surface area contributed by atoms with Crippen molar-refractivity contribution in [2.24, 2.45) is 0 Å². The summed E-state index contributed by atoms with van der Waals surface area (Å²) < 4.78 is 31.9. The summed E-state index contributed by atoms with van der Waals surface area (Å²) in [4.78, 5) is 10.3. The van der Waals surface area contributed by atoms with E-state index in [9.17, 15) is 13.6 Å². The standard InChI is InChI=1S/C4H6F2O5S.Na/c1-2-9-3(7)4(5,6)12-11-10-8;/h8H,2H2,1H3;/q;+1/p-1. The number of hydrogen-bond donors (Lipinski definition) is 0. The van der Waals surface area contributed by atoms with Gasteiger partial charge in [-0.05, 0) is 6.92 Å². The topological polar surface area (TPSA) is 67.8 Å². The molecule has 0 N–H and O–H groups in total. The van der Waals surface area contributed by atoms with E-state index in [0.29, 0.717) is 0 Å². The van der Waals surface area contributed by atoms with E-state index >= 15 is 0 Å². The fourth-order valence-electron chi connectivity index (χ4n) is 0.306. The molecule has 0 amide bonds. The number of rotatable bonds is 5. The summed E-state index contributed by atoms with van der Waals surface area (Å²) in [6.45, 7) is 1.18. The largest absolute Gasteiger partial charge is 1.00 e. The fraction of sp³-hybridized carbons (Fsp3) is 0.750. The zero-order valence-electron chi connectivity index (χ0n) is 6.91. The van der Waals surface area contributed by atoms with E-state index in [-0.39, 0.29) is 36.2 Å². The van der Waals surface area contributed by atoms with Gasteiger partial charge in [0.2, 0.25) is 0 Å². The molecule has 0 unspecified atom stereocenters. The first-order valence-corrected chi connectivity index (χ1v) is 3.48. The van der Waals surface area contributed by atoms with E-state index in [1.54, 1.807) is 0 Å². The number of alkyl halides is 2. The van der Waals surface area contributed by atoms with Gasteiger partial charge in [0.15, 0.2) is 0 Å². The SMILES string of the molecule is CCOC(=O)C(F)(F)SOO[O-].[Na+]. The van der Waals surface area contributed by atoms with Gasteiger partial charge in [0.25, 0.3) is 0 Å². The molecule has 9 heteroatoms. The molecule has 0 spiro atoms. The molecular weight excluding hydrogens is 221 g/mol. The Kier molecular flexibility index (Phi) is 9.75. The average molecular weight is 226 g/mol. The van der Waals surface area contributed by atoms with Crippen molar-refractivity contribution < 1.29 is 62.5 Å². The van der Waals surface area contributed by atoms with Crippen LogP contribution in [0.1, 0.15) is 6.92 Å². The van der Waals surface area contributed by atoms with Gasteiger partial charge in [0.05, 0.1) is 6.61 Å². The molecule has 0 aliphatic carbocycles. The predicted molar refractivity (Wildman–Crippen MR) is 31.3 cm³/mol. The molecule has 0 bridgehead atoms. The van der Waals surface area contributed by atoms with Crippen molar-refractivity contribution in [2.45, 2.75) is 12.2 Å². The maximum Gasteiger partial charge on any atom is 1.00 e. The second-order valence-electron chi connectivity index (χ2n) is 1.46. The Bertz CT molecular complexity index is 157. The summed E-state index contributed by atoms with van der Waals surface area (Å²) in [7, 11) is 0. The van der Waals surface area contributed by atoms with E-state index in [0.717, 1.165) is 0 Å². The van der Waals surface area contributed by atoms with E-state index in [1.807, 2.05) is 0 Å². The number of carbonyl (C=O) groups is 1. The van der Waals surface area contributed by atoms with Crippen LogP contribution in [0, 0.1) is 0 Å². The summed E-state index contributed by atoms with van der Waals surface area (Å²) in [5.41, 5.74) is 0. The zero-order valence-corrected chi connectivity index (χ0v) is 9.73. The summed E-state index contributed by atoms with van der Waals surface area (Å²) in [5.74, 6) is -1.79. The third-order valence-electron chi connectivity index (χ3n) is 0.680. The van der Waals surface area contributed by atoms with Crippen molar-refractivity contribution in [1.29, 1.82) is 0 Å². The van der Waals surface area contributed by atoms with Gasteiger partial charge in [-0.2, -0.15) is 13.1 Å². The van der Waals surface area contributed by atoms with Crippen LogP contribution in [-0.4, -0.2) is 17.8 Å². The van der Waals surface area contributed by atoms with Crippen molar-refractivity contribution in [2.75, 3.05) is 6.61 Å². The molecule has 0 aliphatic heterocycles. The van der Waals surface area contributed by atoms with Crippen molar-refractivity contribution >= 4 is 18.0 Å². The van der Waals surface area contributed by atoms with Gasteiger partial charge < -0.3 is 9.99 Å². The number of ether oxygens (including phenoxy) is 1. The molecule has 0 radical (unpaired) electrons. The Morgan fingerprint density at radius 2 is 2.15 bits per heavy atom. The Balaban J connectivity index is 0. The van der Waals surface area contributed by atoms with Crippen LogP contribution in [0.3, 0.4) is 0 Å². The quantitative estimate of drug-likeness (QED) is 0.164. The van der Waals surface area contributed by atoms with E-state index < -0.39 is 23.3 Å². The Labute approximate surface area is 99.1 Å². The summed E-state index contributed by atoms with van der Waals surface area (Å²) in [5, 5.41) is 7.83. The van der Waals surface area contributed by atoms with Crippen LogP contribution in [0.25, 0.3) is 0 Å². The van der Waals surface area contributed by atoms with E-state index in [4.69, 9.17) is 5.26 Å². The van der Waals surface area contributed by atoms with Gasteiger partial charge in [-0.3, -0.25) is 5.04 Å². The molecule has 0 aromatic heterocycles. The molecule has 0 aliphatic rings. The molecule has 13 heavy (non-hydrogen) atoms. The average Bonchev–Trinajstić information content (AvgIpc) is 2.01. The van der Waals surface area contributed by atoms with Crippen molar-refractivity contribution in [3.8, 4) is 0 Å². The number of halogens is 2. The Morgan fingerprint density at radius 3 is 2.54 bits per heavy atom. The normalized spacial score (nSPS) is 10.5. The van der Waals surface area contributed by atoms with Crippen LogP contribution in [0.2, 0.25) is 0 Å². The molecule has 72 valence electrons. The van der Waals surface area contributed by atoms with Gasteiger partial charge in [-0.15, -0.1) is 0 Å². The first-order valence-electron chi connectivity index (χ1n) is 2.74.